The average Bonchev–Trinajstić information content (AvgIpc) is 3.10. The van der Waals surface area contributed by atoms with E-state index in [0.717, 1.165) is 7.11 Å². The minimum atomic E-state index is -1.26. The molecule has 2 unspecified atom stereocenters. The number of aliphatic hydroxyl groups excluding tert-OH is 1. The summed E-state index contributed by atoms with van der Waals surface area (Å²) in [7, 11) is 1.11. The van der Waals surface area contributed by atoms with E-state index in [2.05, 4.69) is 25.3 Å². The first-order chi connectivity index (χ1) is 12.4. The Morgan fingerprint density at radius 3 is 2.50 bits per heavy atom. The molecule has 0 aliphatic rings. The number of aliphatic carboxylic acids is 1. The van der Waals surface area contributed by atoms with E-state index in [9.17, 15) is 24.3 Å². The van der Waals surface area contributed by atoms with E-state index >= 15 is 0 Å². The number of carboxylic acid groups (broad SMARTS) is 1. The van der Waals surface area contributed by atoms with Crippen LogP contribution in [0.5, 0.6) is 0 Å². The summed E-state index contributed by atoms with van der Waals surface area (Å²) in [5, 5.41) is 22.6. The molecule has 0 aromatic carbocycles. The van der Waals surface area contributed by atoms with Gasteiger partial charge in [0.15, 0.2) is 6.04 Å². The molecule has 26 heavy (non-hydrogen) atoms. The number of ether oxygens (including phenoxy) is 1. The molecule has 0 saturated carbocycles. The molecule has 2 amide bonds. The number of carboxylic acids is 1. The Kier molecular flexibility index (Phi) is 8.78. The first-order valence-electron chi connectivity index (χ1n) is 7.84. The van der Waals surface area contributed by atoms with Crippen LogP contribution in [0.2, 0.25) is 0 Å². The van der Waals surface area contributed by atoms with Gasteiger partial charge in [-0.05, 0) is 6.42 Å². The van der Waals surface area contributed by atoms with Gasteiger partial charge in [0.25, 0.3) is 0 Å². The van der Waals surface area contributed by atoms with Crippen molar-refractivity contribution in [2.24, 2.45) is 0 Å². The zero-order chi connectivity index (χ0) is 19.5. The predicted molar refractivity (Wildman–Crippen MR) is 86.7 cm³/mol. The molecular formula is C15H22N4O7. The van der Waals surface area contributed by atoms with E-state index in [1.807, 2.05) is 0 Å². The number of aliphatic hydroxyl groups is 1. The summed E-state index contributed by atoms with van der Waals surface area (Å²) < 4.78 is 4.47. The van der Waals surface area contributed by atoms with Crippen LogP contribution in [-0.4, -0.2) is 69.7 Å². The van der Waals surface area contributed by atoms with Crippen LogP contribution in [-0.2, 0) is 30.3 Å². The smallest absolute Gasteiger partial charge is 0.330 e. The third-order valence-electron chi connectivity index (χ3n) is 3.41. The Morgan fingerprint density at radius 1 is 1.23 bits per heavy atom. The number of imidazole rings is 1. The highest BCUT2D eigenvalue weighted by Crippen LogP contribution is 2.02. The first-order valence-corrected chi connectivity index (χ1v) is 7.84. The van der Waals surface area contributed by atoms with Gasteiger partial charge in [-0.15, -0.1) is 0 Å². The zero-order valence-corrected chi connectivity index (χ0v) is 14.2. The van der Waals surface area contributed by atoms with Crippen LogP contribution in [0, 0.1) is 0 Å². The van der Waals surface area contributed by atoms with Gasteiger partial charge in [-0.25, -0.2) is 9.78 Å². The van der Waals surface area contributed by atoms with Crippen molar-refractivity contribution in [3.8, 4) is 0 Å². The van der Waals surface area contributed by atoms with Crippen molar-refractivity contribution in [2.45, 2.75) is 37.8 Å². The van der Waals surface area contributed by atoms with Crippen molar-refractivity contribution in [3.63, 3.8) is 0 Å². The molecule has 144 valence electrons. The van der Waals surface area contributed by atoms with Crippen molar-refractivity contribution in [1.82, 2.24) is 20.6 Å². The molecule has 1 heterocycles. The summed E-state index contributed by atoms with van der Waals surface area (Å²) in [5.74, 6) is -3.05. The number of carbonyl (C=O) groups is 4. The number of hydrogen-bond donors (Lipinski definition) is 5. The molecule has 0 aliphatic carbocycles. The van der Waals surface area contributed by atoms with E-state index in [4.69, 9.17) is 5.11 Å². The number of nitrogens with zero attached hydrogens (tertiary/aromatic N) is 1. The van der Waals surface area contributed by atoms with E-state index in [1.165, 1.54) is 12.5 Å². The quantitative estimate of drug-likeness (QED) is 0.288. The Bertz CT molecular complexity index is 618. The lowest BCUT2D eigenvalue weighted by Crippen LogP contribution is -2.53. The molecule has 1 rings (SSSR count). The summed E-state index contributed by atoms with van der Waals surface area (Å²) >= 11 is 0. The van der Waals surface area contributed by atoms with Crippen LogP contribution in [0.15, 0.2) is 12.5 Å². The molecule has 0 saturated heterocycles. The van der Waals surface area contributed by atoms with Crippen LogP contribution in [0.4, 0.5) is 0 Å². The summed E-state index contributed by atoms with van der Waals surface area (Å²) in [6.07, 6.45) is 2.83. The first kappa shape index (κ1) is 21.1. The molecular weight excluding hydrogens is 348 g/mol. The van der Waals surface area contributed by atoms with Gasteiger partial charge in [-0.1, -0.05) is 0 Å². The van der Waals surface area contributed by atoms with Gasteiger partial charge in [0.05, 0.1) is 20.0 Å². The number of hydrogen-bond acceptors (Lipinski definition) is 7. The molecule has 0 spiro atoms. The highest BCUT2D eigenvalue weighted by molar-refractivity contribution is 5.91. The van der Waals surface area contributed by atoms with E-state index in [-0.39, 0.29) is 25.7 Å². The van der Waals surface area contributed by atoms with Crippen LogP contribution in [0.25, 0.3) is 0 Å². The van der Waals surface area contributed by atoms with Gasteiger partial charge >= 0.3 is 11.9 Å². The minimum Gasteiger partial charge on any atom is -0.481 e. The number of amides is 2. The van der Waals surface area contributed by atoms with E-state index in [1.54, 1.807) is 0 Å². The Balaban J connectivity index is 2.73. The Labute approximate surface area is 149 Å². The molecule has 5 N–H and O–H groups in total. The lowest BCUT2D eigenvalue weighted by molar-refractivity contribution is -0.146. The third-order valence-corrected chi connectivity index (χ3v) is 3.41. The molecule has 1 aromatic rings. The summed E-state index contributed by atoms with van der Waals surface area (Å²) in [5.41, 5.74) is 0.564. The highest BCUT2D eigenvalue weighted by Gasteiger charge is 2.27. The number of rotatable bonds is 11. The van der Waals surface area contributed by atoms with Crippen molar-refractivity contribution in [2.75, 3.05) is 13.7 Å². The summed E-state index contributed by atoms with van der Waals surface area (Å²) in [6, 6.07) is -2.31. The van der Waals surface area contributed by atoms with Gasteiger partial charge in [0, 0.05) is 31.2 Å². The van der Waals surface area contributed by atoms with E-state index < -0.39 is 42.4 Å². The maximum Gasteiger partial charge on any atom is 0.330 e. The molecule has 0 bridgehead atoms. The molecule has 1 aromatic heterocycles. The number of esters is 1. The van der Waals surface area contributed by atoms with Crippen molar-refractivity contribution < 1.29 is 34.1 Å². The normalized spacial score (nSPS) is 12.7. The SMILES string of the molecule is COC(=O)C(CO)NC(=O)C(Cc1cnc[nH]1)NC(=O)CCCC(=O)O. The summed E-state index contributed by atoms with van der Waals surface area (Å²) in [4.78, 5) is 53.0. The van der Waals surface area contributed by atoms with E-state index in [0.29, 0.717) is 5.69 Å². The van der Waals surface area contributed by atoms with Gasteiger partial charge in [-0.2, -0.15) is 0 Å². The lowest BCUT2D eigenvalue weighted by Gasteiger charge is -2.21. The number of aromatic nitrogens is 2. The van der Waals surface area contributed by atoms with Gasteiger partial charge in [0.1, 0.15) is 6.04 Å². The molecule has 11 heteroatoms. The van der Waals surface area contributed by atoms with Crippen LogP contribution >= 0.6 is 0 Å². The maximum absolute atomic E-state index is 12.4. The topological polar surface area (TPSA) is 171 Å². The van der Waals surface area contributed by atoms with Gasteiger partial charge < -0.3 is 30.6 Å². The number of nitrogens with one attached hydrogen (secondary N) is 3. The largest absolute Gasteiger partial charge is 0.481 e. The zero-order valence-electron chi connectivity index (χ0n) is 14.2. The van der Waals surface area contributed by atoms with Crippen LogP contribution in [0.3, 0.4) is 0 Å². The van der Waals surface area contributed by atoms with Crippen molar-refractivity contribution >= 4 is 23.8 Å². The maximum atomic E-state index is 12.4. The molecule has 11 nitrogen and oxygen atoms in total. The van der Waals surface area contributed by atoms with Gasteiger partial charge in [0.2, 0.25) is 11.8 Å². The lowest BCUT2D eigenvalue weighted by atomic mass is 10.1. The fraction of sp³-hybridized carbons (Fsp3) is 0.533. The second-order valence-electron chi connectivity index (χ2n) is 5.42. The number of methoxy groups -OCH3 is 1. The average molecular weight is 370 g/mol. The fourth-order valence-electron chi connectivity index (χ4n) is 2.09. The molecule has 0 fully saturated rings. The van der Waals surface area contributed by atoms with Crippen LogP contribution in [0.1, 0.15) is 25.0 Å². The molecule has 2 atom stereocenters. The van der Waals surface area contributed by atoms with Crippen LogP contribution < -0.4 is 10.6 Å². The highest BCUT2D eigenvalue weighted by atomic mass is 16.5. The molecule has 0 aliphatic heterocycles. The summed E-state index contributed by atoms with van der Waals surface area (Å²) in [6.45, 7) is -0.665. The monoisotopic (exact) mass is 370 g/mol. The van der Waals surface area contributed by atoms with Crippen molar-refractivity contribution in [1.29, 1.82) is 0 Å². The van der Waals surface area contributed by atoms with Gasteiger partial charge in [-0.3, -0.25) is 14.4 Å². The Morgan fingerprint density at radius 2 is 1.96 bits per heavy atom. The van der Waals surface area contributed by atoms with Crippen molar-refractivity contribution in [3.05, 3.63) is 18.2 Å². The number of aromatic amines is 1. The Hall–Kier alpha value is -2.95. The predicted octanol–water partition coefficient (Wildman–Crippen LogP) is -1.66. The second-order valence-corrected chi connectivity index (χ2v) is 5.42. The number of H-pyrrole nitrogens is 1. The molecule has 0 radical (unpaired) electrons. The fourth-order valence-corrected chi connectivity index (χ4v) is 2.09. The minimum absolute atomic E-state index is 0.0653. The standard InChI is InChI=1S/C15H22N4O7/c1-26-15(25)11(7-20)19-14(24)10(5-9-6-16-8-17-9)18-12(21)3-2-4-13(22)23/h6,8,10-11,20H,2-5,7H2,1H3,(H,16,17)(H,18,21)(H,19,24)(H,22,23). The second kappa shape index (κ2) is 10.8. The number of carbonyl (C=O) groups excluding carboxylic acids is 3. The third kappa shape index (κ3) is 7.30.